The van der Waals surface area contributed by atoms with Gasteiger partial charge in [0.05, 0.1) is 11.4 Å². The molecule has 0 bridgehead atoms. The summed E-state index contributed by atoms with van der Waals surface area (Å²) in [6, 6.07) is 15.4. The van der Waals surface area contributed by atoms with E-state index in [0.29, 0.717) is 18.8 Å². The van der Waals surface area contributed by atoms with Crippen LogP contribution in [0.5, 0.6) is 0 Å². The van der Waals surface area contributed by atoms with Crippen LogP contribution < -0.4 is 5.32 Å². The van der Waals surface area contributed by atoms with Gasteiger partial charge in [0.1, 0.15) is 0 Å². The molecule has 0 atom stereocenters. The largest absolute Gasteiger partial charge is 0.338 e. The van der Waals surface area contributed by atoms with Crippen molar-refractivity contribution in [3.8, 4) is 0 Å². The first kappa shape index (κ1) is 21.6. The minimum absolute atomic E-state index is 0.0583. The third kappa shape index (κ3) is 5.64. The summed E-state index contributed by atoms with van der Waals surface area (Å²) in [5.74, 6) is -0.510. The Kier molecular flexibility index (Phi) is 7.31. The van der Waals surface area contributed by atoms with Crippen molar-refractivity contribution in [2.75, 3.05) is 25.5 Å². The molecule has 2 aromatic rings. The van der Waals surface area contributed by atoms with Crippen molar-refractivity contribution in [2.24, 2.45) is 0 Å². The average Bonchev–Trinajstić information content (AvgIpc) is 2.66. The molecule has 0 aliphatic heterocycles. The van der Waals surface area contributed by atoms with Crippen LogP contribution in [0.2, 0.25) is 0 Å². The molecule has 0 aliphatic carbocycles. The number of likely N-dealkylation sites (N-methyl/N-ethyl adjacent to an activating group) is 2. The summed E-state index contributed by atoms with van der Waals surface area (Å²) >= 11 is 0. The molecule has 150 valence electrons. The lowest BCUT2D eigenvalue weighted by Crippen LogP contribution is -2.40. The second-order valence-electron chi connectivity index (χ2n) is 6.36. The van der Waals surface area contributed by atoms with Gasteiger partial charge in [-0.1, -0.05) is 30.3 Å². The van der Waals surface area contributed by atoms with Crippen LogP contribution in [-0.4, -0.2) is 49.6 Å². The Morgan fingerprint density at radius 1 is 1.00 bits per heavy atom. The predicted molar refractivity (Wildman–Crippen MR) is 108 cm³/mol. The van der Waals surface area contributed by atoms with E-state index >= 15 is 0 Å². The third-order valence-corrected chi connectivity index (χ3v) is 6.01. The van der Waals surface area contributed by atoms with Crippen LogP contribution in [0, 0.1) is 0 Å². The summed E-state index contributed by atoms with van der Waals surface area (Å²) in [4.78, 5) is 25.4. The highest BCUT2D eigenvalue weighted by Gasteiger charge is 2.25. The molecule has 0 spiro atoms. The summed E-state index contributed by atoms with van der Waals surface area (Å²) in [6.07, 6.45) is 0. The summed E-state index contributed by atoms with van der Waals surface area (Å²) in [6.45, 7) is 3.88. The first-order valence-corrected chi connectivity index (χ1v) is 10.3. The van der Waals surface area contributed by atoms with Gasteiger partial charge in [-0.05, 0) is 36.8 Å². The Labute approximate surface area is 166 Å². The van der Waals surface area contributed by atoms with Crippen molar-refractivity contribution in [1.82, 2.24) is 9.21 Å². The van der Waals surface area contributed by atoms with Gasteiger partial charge in [0.15, 0.2) is 0 Å². The highest BCUT2D eigenvalue weighted by molar-refractivity contribution is 7.89. The molecular formula is C20H25N3O4S. The van der Waals surface area contributed by atoms with Crippen molar-refractivity contribution in [1.29, 1.82) is 0 Å². The van der Waals surface area contributed by atoms with Gasteiger partial charge in [-0.15, -0.1) is 0 Å². The second-order valence-corrected chi connectivity index (χ2v) is 8.41. The zero-order valence-corrected chi connectivity index (χ0v) is 17.1. The molecule has 1 N–H and O–H groups in total. The maximum absolute atomic E-state index is 12.7. The molecule has 8 heteroatoms. The van der Waals surface area contributed by atoms with Crippen LogP contribution in [0.4, 0.5) is 5.69 Å². The number of amides is 2. The fourth-order valence-electron chi connectivity index (χ4n) is 2.65. The zero-order chi connectivity index (χ0) is 20.7. The van der Waals surface area contributed by atoms with E-state index in [9.17, 15) is 18.0 Å². The Morgan fingerprint density at radius 3 is 2.14 bits per heavy atom. The highest BCUT2D eigenvalue weighted by atomic mass is 32.2. The van der Waals surface area contributed by atoms with Gasteiger partial charge < -0.3 is 10.2 Å². The minimum Gasteiger partial charge on any atom is -0.338 e. The molecule has 0 saturated carbocycles. The molecule has 2 amide bonds. The van der Waals surface area contributed by atoms with Crippen LogP contribution in [0.25, 0.3) is 0 Å². The lowest BCUT2D eigenvalue weighted by molar-refractivity contribution is -0.131. The second kappa shape index (κ2) is 9.48. The summed E-state index contributed by atoms with van der Waals surface area (Å²) in [5.41, 5.74) is 1.49. The van der Waals surface area contributed by atoms with E-state index in [1.165, 1.54) is 38.2 Å². The molecule has 7 nitrogen and oxygen atoms in total. The van der Waals surface area contributed by atoms with Crippen molar-refractivity contribution >= 4 is 27.5 Å². The SMILES string of the molecule is CCN(Cc1ccccc1)C(=O)CN(C)S(=O)(=O)c1ccc(NC(C)=O)cc1. The lowest BCUT2D eigenvalue weighted by atomic mass is 10.2. The molecule has 0 aliphatic rings. The number of rotatable bonds is 8. The van der Waals surface area contributed by atoms with E-state index in [2.05, 4.69) is 5.32 Å². The van der Waals surface area contributed by atoms with E-state index in [1.54, 1.807) is 4.90 Å². The van der Waals surface area contributed by atoms with E-state index in [4.69, 9.17) is 0 Å². The van der Waals surface area contributed by atoms with Crippen LogP contribution in [-0.2, 0) is 26.2 Å². The normalized spacial score (nSPS) is 11.3. The summed E-state index contributed by atoms with van der Waals surface area (Å²) in [7, 11) is -2.44. The van der Waals surface area contributed by atoms with Crippen LogP contribution >= 0.6 is 0 Å². The molecule has 0 unspecified atom stereocenters. The Morgan fingerprint density at radius 2 is 1.61 bits per heavy atom. The van der Waals surface area contributed by atoms with Crippen molar-refractivity contribution in [3.05, 3.63) is 60.2 Å². The molecular weight excluding hydrogens is 378 g/mol. The standard InChI is InChI=1S/C20H25N3O4S/c1-4-23(14-17-8-6-5-7-9-17)20(25)15-22(3)28(26,27)19-12-10-18(11-13-19)21-16(2)24/h5-13H,4,14-15H2,1-3H3,(H,21,24). The fourth-order valence-corrected chi connectivity index (χ4v) is 3.77. The molecule has 2 aromatic carbocycles. The maximum Gasteiger partial charge on any atom is 0.243 e. The van der Waals surface area contributed by atoms with Crippen LogP contribution in [0.3, 0.4) is 0 Å². The van der Waals surface area contributed by atoms with E-state index in [0.717, 1.165) is 9.87 Å². The quantitative estimate of drug-likeness (QED) is 0.733. The van der Waals surface area contributed by atoms with Crippen molar-refractivity contribution in [3.63, 3.8) is 0 Å². The lowest BCUT2D eigenvalue weighted by Gasteiger charge is -2.24. The van der Waals surface area contributed by atoms with E-state index < -0.39 is 10.0 Å². The number of carbonyl (C=O) groups excluding carboxylic acids is 2. The number of anilines is 1. The maximum atomic E-state index is 12.7. The molecule has 0 radical (unpaired) electrons. The monoisotopic (exact) mass is 403 g/mol. The first-order valence-electron chi connectivity index (χ1n) is 8.89. The Bertz CT molecular complexity index is 912. The average molecular weight is 404 g/mol. The molecule has 0 fully saturated rings. The number of nitrogens with one attached hydrogen (secondary N) is 1. The number of benzene rings is 2. The topological polar surface area (TPSA) is 86.8 Å². The Hall–Kier alpha value is -2.71. The van der Waals surface area contributed by atoms with E-state index in [1.807, 2.05) is 37.3 Å². The Balaban J connectivity index is 2.07. The van der Waals surface area contributed by atoms with Crippen molar-refractivity contribution < 1.29 is 18.0 Å². The number of sulfonamides is 1. The highest BCUT2D eigenvalue weighted by Crippen LogP contribution is 2.18. The van der Waals surface area contributed by atoms with Gasteiger partial charge in [-0.25, -0.2) is 8.42 Å². The number of nitrogens with zero attached hydrogens (tertiary/aromatic N) is 2. The van der Waals surface area contributed by atoms with Crippen molar-refractivity contribution in [2.45, 2.75) is 25.3 Å². The van der Waals surface area contributed by atoms with Gasteiger partial charge in [0.25, 0.3) is 0 Å². The number of hydrogen-bond donors (Lipinski definition) is 1. The van der Waals surface area contributed by atoms with Crippen LogP contribution in [0.15, 0.2) is 59.5 Å². The smallest absolute Gasteiger partial charge is 0.243 e. The third-order valence-electron chi connectivity index (χ3n) is 4.19. The first-order chi connectivity index (χ1) is 13.2. The molecule has 28 heavy (non-hydrogen) atoms. The van der Waals surface area contributed by atoms with Crippen LogP contribution in [0.1, 0.15) is 19.4 Å². The molecule has 2 rings (SSSR count). The fraction of sp³-hybridized carbons (Fsp3) is 0.300. The molecule has 0 aromatic heterocycles. The van der Waals surface area contributed by atoms with Gasteiger partial charge in [-0.2, -0.15) is 4.31 Å². The summed E-state index contributed by atoms with van der Waals surface area (Å²) < 4.78 is 26.5. The number of carbonyl (C=O) groups is 2. The van der Waals surface area contributed by atoms with Gasteiger partial charge in [0, 0.05) is 32.7 Å². The molecule has 0 heterocycles. The predicted octanol–water partition coefficient (Wildman–Crippen LogP) is 2.31. The summed E-state index contributed by atoms with van der Waals surface area (Å²) in [5, 5.41) is 2.58. The van der Waals surface area contributed by atoms with Gasteiger partial charge in [-0.3, -0.25) is 9.59 Å². The molecule has 0 saturated heterocycles. The van der Waals surface area contributed by atoms with Gasteiger partial charge in [0.2, 0.25) is 21.8 Å². The number of hydrogen-bond acceptors (Lipinski definition) is 4. The minimum atomic E-state index is -3.82. The van der Waals surface area contributed by atoms with E-state index in [-0.39, 0.29) is 23.3 Å². The zero-order valence-electron chi connectivity index (χ0n) is 16.3. The van der Waals surface area contributed by atoms with Gasteiger partial charge >= 0.3 is 0 Å².